The quantitative estimate of drug-likeness (QED) is 0.802. The Balaban J connectivity index is 1.75. The minimum Gasteiger partial charge on any atom is -0.345 e. The van der Waals surface area contributed by atoms with Crippen molar-refractivity contribution in [1.82, 2.24) is 5.32 Å². The number of thioether (sulfide) groups is 1. The van der Waals surface area contributed by atoms with Gasteiger partial charge in [0, 0.05) is 4.90 Å². The highest BCUT2D eigenvalue weighted by molar-refractivity contribution is 7.99. The van der Waals surface area contributed by atoms with Crippen molar-refractivity contribution in [1.29, 1.82) is 0 Å². The molecule has 0 radical (unpaired) electrons. The van der Waals surface area contributed by atoms with Crippen LogP contribution in [0, 0.1) is 0 Å². The number of hydrogen-bond donors (Lipinski definition) is 1. The molecular weight excluding hydrogens is 302 g/mol. The van der Waals surface area contributed by atoms with E-state index in [1.54, 1.807) is 11.8 Å². The maximum Gasteiger partial charge on any atom is 0.252 e. The van der Waals surface area contributed by atoms with Crippen LogP contribution >= 0.6 is 11.8 Å². The zero-order valence-corrected chi connectivity index (χ0v) is 14.6. The average Bonchev–Trinajstić information content (AvgIpc) is 3.03. The molecule has 3 heteroatoms. The van der Waals surface area contributed by atoms with E-state index < -0.39 is 0 Å². The number of fused-ring (bicyclic) bond motifs is 1. The lowest BCUT2D eigenvalue weighted by molar-refractivity contribution is 0.0937. The fraction of sp³-hybridized carbons (Fsp3) is 0.350. The van der Waals surface area contributed by atoms with Crippen LogP contribution < -0.4 is 5.32 Å². The van der Waals surface area contributed by atoms with Gasteiger partial charge in [-0.1, -0.05) is 37.3 Å². The predicted octanol–water partition coefficient (Wildman–Crippen LogP) is 4.78. The Morgan fingerprint density at radius 2 is 1.96 bits per heavy atom. The van der Waals surface area contributed by atoms with Crippen LogP contribution in [0.1, 0.15) is 53.4 Å². The smallest absolute Gasteiger partial charge is 0.252 e. The van der Waals surface area contributed by atoms with Crippen molar-refractivity contribution >= 4 is 17.7 Å². The molecule has 1 aliphatic rings. The normalized spacial score (nSPS) is 14.3. The monoisotopic (exact) mass is 325 g/mol. The van der Waals surface area contributed by atoms with Crippen LogP contribution in [-0.2, 0) is 12.8 Å². The minimum atomic E-state index is 0.00884. The first-order chi connectivity index (χ1) is 11.2. The van der Waals surface area contributed by atoms with E-state index in [1.807, 2.05) is 24.3 Å². The highest BCUT2D eigenvalue weighted by atomic mass is 32.2. The molecule has 0 heterocycles. The Bertz CT molecular complexity index is 711. The van der Waals surface area contributed by atoms with Crippen molar-refractivity contribution in [3.8, 4) is 0 Å². The van der Waals surface area contributed by atoms with E-state index in [2.05, 4.69) is 37.4 Å². The van der Waals surface area contributed by atoms with Crippen LogP contribution in [0.4, 0.5) is 0 Å². The summed E-state index contributed by atoms with van der Waals surface area (Å²) >= 11 is 1.71. The second-order valence-electron chi connectivity index (χ2n) is 6.01. The summed E-state index contributed by atoms with van der Waals surface area (Å²) in [6.45, 7) is 4.16. The summed E-state index contributed by atoms with van der Waals surface area (Å²) in [6.07, 6.45) is 3.61. The Labute approximate surface area is 142 Å². The number of aryl methyl sites for hydroxylation is 2. The third-order valence-electron chi connectivity index (χ3n) is 4.40. The number of hydrogen-bond acceptors (Lipinski definition) is 2. The third kappa shape index (κ3) is 3.61. The van der Waals surface area contributed by atoms with Gasteiger partial charge in [0.1, 0.15) is 0 Å². The average molecular weight is 325 g/mol. The highest BCUT2D eigenvalue weighted by Crippen LogP contribution is 2.26. The standard InChI is InChI=1S/C20H23NOS/c1-3-23-19-10-5-4-9-18(19)20(22)21-14(2)16-12-11-15-7-6-8-17(15)13-16/h4-5,9-14H,3,6-8H2,1-2H3,(H,21,22)/t14-/m0/s1. The van der Waals surface area contributed by atoms with Crippen molar-refractivity contribution in [2.24, 2.45) is 0 Å². The maximum absolute atomic E-state index is 12.6. The molecule has 120 valence electrons. The Morgan fingerprint density at radius 3 is 2.78 bits per heavy atom. The van der Waals surface area contributed by atoms with Gasteiger partial charge in [-0.2, -0.15) is 0 Å². The SMILES string of the molecule is CCSc1ccccc1C(=O)N[C@@H](C)c1ccc2c(c1)CCC2. The van der Waals surface area contributed by atoms with Gasteiger partial charge in [-0.25, -0.2) is 0 Å². The zero-order valence-electron chi connectivity index (χ0n) is 13.8. The lowest BCUT2D eigenvalue weighted by Crippen LogP contribution is -2.27. The van der Waals surface area contributed by atoms with E-state index in [0.717, 1.165) is 16.2 Å². The molecule has 3 rings (SSSR count). The Hall–Kier alpha value is -1.74. The van der Waals surface area contributed by atoms with Crippen molar-refractivity contribution in [3.05, 3.63) is 64.7 Å². The van der Waals surface area contributed by atoms with Gasteiger partial charge in [0.25, 0.3) is 5.91 Å². The first-order valence-electron chi connectivity index (χ1n) is 8.33. The van der Waals surface area contributed by atoms with Gasteiger partial charge in [0.15, 0.2) is 0 Å². The van der Waals surface area contributed by atoms with Gasteiger partial charge in [0.05, 0.1) is 11.6 Å². The lowest BCUT2D eigenvalue weighted by Gasteiger charge is -2.17. The molecule has 0 bridgehead atoms. The van der Waals surface area contributed by atoms with Crippen molar-refractivity contribution in [2.45, 2.75) is 44.0 Å². The van der Waals surface area contributed by atoms with Gasteiger partial charge >= 0.3 is 0 Å². The lowest BCUT2D eigenvalue weighted by atomic mass is 10.0. The molecule has 0 unspecified atom stereocenters. The zero-order chi connectivity index (χ0) is 16.2. The number of carbonyl (C=O) groups excluding carboxylic acids is 1. The van der Waals surface area contributed by atoms with Crippen LogP contribution in [0.5, 0.6) is 0 Å². The van der Waals surface area contributed by atoms with Gasteiger partial charge < -0.3 is 5.32 Å². The van der Waals surface area contributed by atoms with E-state index in [9.17, 15) is 4.79 Å². The van der Waals surface area contributed by atoms with Crippen molar-refractivity contribution in [2.75, 3.05) is 5.75 Å². The molecule has 1 N–H and O–H groups in total. The number of nitrogens with one attached hydrogen (secondary N) is 1. The predicted molar refractivity (Wildman–Crippen MR) is 97.2 cm³/mol. The van der Waals surface area contributed by atoms with Gasteiger partial charge in [0.2, 0.25) is 0 Å². The molecule has 23 heavy (non-hydrogen) atoms. The first kappa shape index (κ1) is 16.1. The molecule has 1 aliphatic carbocycles. The molecule has 2 aromatic carbocycles. The summed E-state index contributed by atoms with van der Waals surface area (Å²) < 4.78 is 0. The number of carbonyl (C=O) groups is 1. The Kier molecular flexibility index (Phi) is 5.06. The van der Waals surface area contributed by atoms with Crippen molar-refractivity contribution < 1.29 is 4.79 Å². The number of benzene rings is 2. The van der Waals surface area contributed by atoms with Gasteiger partial charge in [-0.05, 0) is 60.8 Å². The maximum atomic E-state index is 12.6. The van der Waals surface area contributed by atoms with E-state index in [-0.39, 0.29) is 11.9 Å². The van der Waals surface area contributed by atoms with E-state index in [0.29, 0.717) is 0 Å². The van der Waals surface area contributed by atoms with Crippen LogP contribution in [0.3, 0.4) is 0 Å². The first-order valence-corrected chi connectivity index (χ1v) is 9.32. The second-order valence-corrected chi connectivity index (χ2v) is 7.31. The summed E-state index contributed by atoms with van der Waals surface area (Å²) in [5, 5.41) is 3.15. The molecule has 2 nitrogen and oxygen atoms in total. The highest BCUT2D eigenvalue weighted by Gasteiger charge is 2.17. The molecule has 1 amide bonds. The molecule has 0 spiro atoms. The van der Waals surface area contributed by atoms with E-state index in [4.69, 9.17) is 0 Å². The largest absolute Gasteiger partial charge is 0.345 e. The van der Waals surface area contributed by atoms with E-state index in [1.165, 1.54) is 36.0 Å². The van der Waals surface area contributed by atoms with Crippen LogP contribution in [-0.4, -0.2) is 11.7 Å². The molecule has 0 aliphatic heterocycles. The molecule has 0 fully saturated rings. The molecule has 0 saturated heterocycles. The summed E-state index contributed by atoms with van der Waals surface area (Å²) in [4.78, 5) is 13.7. The molecule has 0 aromatic heterocycles. The van der Waals surface area contributed by atoms with E-state index >= 15 is 0 Å². The van der Waals surface area contributed by atoms with Crippen molar-refractivity contribution in [3.63, 3.8) is 0 Å². The topological polar surface area (TPSA) is 29.1 Å². The fourth-order valence-corrected chi connectivity index (χ4v) is 3.96. The van der Waals surface area contributed by atoms with Gasteiger partial charge in [-0.3, -0.25) is 4.79 Å². The summed E-state index contributed by atoms with van der Waals surface area (Å²) in [5.41, 5.74) is 4.88. The van der Waals surface area contributed by atoms with Crippen LogP contribution in [0.15, 0.2) is 47.4 Å². The molecular formula is C20H23NOS. The van der Waals surface area contributed by atoms with Crippen LogP contribution in [0.2, 0.25) is 0 Å². The number of rotatable bonds is 5. The Morgan fingerprint density at radius 1 is 1.17 bits per heavy atom. The van der Waals surface area contributed by atoms with Gasteiger partial charge in [-0.15, -0.1) is 11.8 Å². The third-order valence-corrected chi connectivity index (χ3v) is 5.36. The molecule has 2 aromatic rings. The fourth-order valence-electron chi connectivity index (χ4n) is 3.15. The van der Waals surface area contributed by atoms with Crippen LogP contribution in [0.25, 0.3) is 0 Å². The minimum absolute atomic E-state index is 0.00884. The molecule has 1 atom stereocenters. The second kappa shape index (κ2) is 7.22. The summed E-state index contributed by atoms with van der Waals surface area (Å²) in [5.74, 6) is 0.972. The summed E-state index contributed by atoms with van der Waals surface area (Å²) in [6, 6.07) is 14.5. The number of amides is 1. The summed E-state index contributed by atoms with van der Waals surface area (Å²) in [7, 11) is 0. The molecule has 0 saturated carbocycles.